The molecule has 2 aromatic carbocycles. The Morgan fingerprint density at radius 2 is 1.86 bits per heavy atom. The van der Waals surface area contributed by atoms with E-state index >= 15 is 0 Å². The third kappa shape index (κ3) is 5.23. The van der Waals surface area contributed by atoms with Gasteiger partial charge in [-0.15, -0.1) is 0 Å². The molecule has 4 rings (SSSR count). The van der Waals surface area contributed by atoms with E-state index in [0.717, 1.165) is 16.7 Å². The number of ketones is 3. The van der Waals surface area contributed by atoms with Gasteiger partial charge in [-0.2, -0.15) is 0 Å². The first kappa shape index (κ1) is 24.9. The Morgan fingerprint density at radius 1 is 1.09 bits per heavy atom. The van der Waals surface area contributed by atoms with Crippen molar-refractivity contribution in [1.29, 1.82) is 0 Å². The van der Waals surface area contributed by atoms with Gasteiger partial charge >= 0.3 is 0 Å². The van der Waals surface area contributed by atoms with E-state index in [-0.39, 0.29) is 67.6 Å². The van der Waals surface area contributed by atoms with Gasteiger partial charge in [0.2, 0.25) is 6.79 Å². The number of phenols is 1. The zero-order valence-corrected chi connectivity index (χ0v) is 19.7. The van der Waals surface area contributed by atoms with E-state index in [0.29, 0.717) is 29.9 Å². The molecule has 1 aliphatic heterocycles. The number of aromatic hydroxyl groups is 1. The van der Waals surface area contributed by atoms with Crippen molar-refractivity contribution < 1.29 is 39.2 Å². The van der Waals surface area contributed by atoms with Gasteiger partial charge in [-0.3, -0.25) is 14.4 Å². The first-order valence-corrected chi connectivity index (χ1v) is 11.8. The van der Waals surface area contributed by atoms with Crippen molar-refractivity contribution in [2.45, 2.75) is 39.0 Å². The fourth-order valence-electron chi connectivity index (χ4n) is 5.35. The van der Waals surface area contributed by atoms with E-state index in [1.54, 1.807) is 6.07 Å². The number of fused-ring (bicyclic) bond motifs is 2. The number of carbonyl (C=O) groups excluding carboxylic acids is 3. The Balaban J connectivity index is 1.64. The topological polar surface area (TPSA) is 130 Å². The lowest BCUT2D eigenvalue weighted by Gasteiger charge is -2.31. The smallest absolute Gasteiger partial charge is 0.231 e. The molecule has 0 radical (unpaired) electrons. The molecule has 186 valence electrons. The zero-order valence-electron chi connectivity index (χ0n) is 19.7. The van der Waals surface area contributed by atoms with E-state index in [2.05, 4.69) is 0 Å². The van der Waals surface area contributed by atoms with Crippen LogP contribution in [0.15, 0.2) is 30.3 Å². The normalized spacial score (nSPS) is 18.1. The molecule has 0 amide bonds. The predicted octanol–water partition coefficient (Wildman–Crippen LogP) is 3.08. The van der Waals surface area contributed by atoms with Crippen molar-refractivity contribution in [3.05, 3.63) is 41.5 Å². The molecule has 1 heterocycles. The molecule has 3 atom stereocenters. The maximum atomic E-state index is 13.1. The van der Waals surface area contributed by atoms with Gasteiger partial charge in [-0.05, 0) is 72.9 Å². The minimum atomic E-state index is -0.778. The quantitative estimate of drug-likeness (QED) is 0.441. The van der Waals surface area contributed by atoms with E-state index in [4.69, 9.17) is 9.47 Å². The van der Waals surface area contributed by atoms with Gasteiger partial charge in [0, 0.05) is 18.9 Å². The average Bonchev–Trinajstić information content (AvgIpc) is 3.27. The summed E-state index contributed by atoms with van der Waals surface area (Å²) in [6, 6.07) is 8.83. The second kappa shape index (κ2) is 10.6. The van der Waals surface area contributed by atoms with Gasteiger partial charge in [0.05, 0.1) is 18.6 Å². The number of ether oxygens (including phenoxy) is 2. The van der Waals surface area contributed by atoms with Gasteiger partial charge in [0.25, 0.3) is 0 Å². The third-order valence-corrected chi connectivity index (χ3v) is 6.96. The van der Waals surface area contributed by atoms with Crippen LogP contribution < -0.4 is 9.47 Å². The standard InChI is InChI=1S/C27H30O8/c1-15(30)8-23(32)21(13-29)18(6-7-28)9-16-10-20-19(3-4-22(31)27(20)24(33)11-16)17-2-5-25-26(12-17)35-14-34-25/h2-5,12,16,18,21,28-29,31H,6-11,13-14H2,1H3. The molecule has 2 aromatic rings. The Bertz CT molecular complexity index is 1140. The van der Waals surface area contributed by atoms with Crippen molar-refractivity contribution in [2.75, 3.05) is 20.0 Å². The van der Waals surface area contributed by atoms with Gasteiger partial charge in [-0.1, -0.05) is 12.1 Å². The van der Waals surface area contributed by atoms with Crippen LogP contribution in [-0.4, -0.2) is 52.7 Å². The van der Waals surface area contributed by atoms with Crippen LogP contribution in [0, 0.1) is 17.8 Å². The number of phenolic OH excluding ortho intramolecular Hbond substituents is 1. The lowest BCUT2D eigenvalue weighted by molar-refractivity contribution is -0.131. The number of benzene rings is 2. The second-order valence-corrected chi connectivity index (χ2v) is 9.39. The molecule has 0 spiro atoms. The summed E-state index contributed by atoms with van der Waals surface area (Å²) in [5, 5.41) is 30.0. The molecule has 1 aliphatic carbocycles. The molecular formula is C27H30O8. The first-order chi connectivity index (χ1) is 16.8. The van der Waals surface area contributed by atoms with Crippen LogP contribution in [0.2, 0.25) is 0 Å². The zero-order chi connectivity index (χ0) is 25.1. The van der Waals surface area contributed by atoms with Crippen LogP contribution in [0.5, 0.6) is 17.2 Å². The fraction of sp³-hybridized carbons (Fsp3) is 0.444. The molecule has 2 aliphatic rings. The minimum absolute atomic E-state index is 0.0651. The van der Waals surface area contributed by atoms with Crippen LogP contribution in [0.25, 0.3) is 11.1 Å². The average molecular weight is 483 g/mol. The SMILES string of the molecule is CC(=O)CC(=O)C(CO)C(CCO)CC1CC(=O)c2c(O)ccc(-c3ccc4c(c3)OCO4)c2C1. The predicted molar refractivity (Wildman–Crippen MR) is 126 cm³/mol. The number of aliphatic hydroxyl groups is 2. The van der Waals surface area contributed by atoms with Gasteiger partial charge in [0.1, 0.15) is 17.3 Å². The Kier molecular flexibility index (Phi) is 7.52. The lowest BCUT2D eigenvalue weighted by atomic mass is 9.72. The van der Waals surface area contributed by atoms with Crippen molar-refractivity contribution in [1.82, 2.24) is 0 Å². The Labute approximate surface area is 203 Å². The van der Waals surface area contributed by atoms with Crippen LogP contribution >= 0.6 is 0 Å². The third-order valence-electron chi connectivity index (χ3n) is 6.96. The van der Waals surface area contributed by atoms with Crippen LogP contribution in [0.1, 0.15) is 48.5 Å². The van der Waals surface area contributed by atoms with E-state index < -0.39 is 12.5 Å². The summed E-state index contributed by atoms with van der Waals surface area (Å²) in [6.07, 6.45) is 1.12. The number of hydrogen-bond acceptors (Lipinski definition) is 8. The summed E-state index contributed by atoms with van der Waals surface area (Å²) in [5.41, 5.74) is 2.67. The van der Waals surface area contributed by atoms with Crippen LogP contribution in [0.4, 0.5) is 0 Å². The molecule has 8 nitrogen and oxygen atoms in total. The number of Topliss-reactive ketones (excluding diaryl/α,β-unsaturated/α-hetero) is 3. The number of aliphatic hydroxyl groups excluding tert-OH is 2. The monoisotopic (exact) mass is 482 g/mol. The lowest BCUT2D eigenvalue weighted by Crippen LogP contribution is -2.32. The maximum absolute atomic E-state index is 13.1. The maximum Gasteiger partial charge on any atom is 0.231 e. The molecule has 0 aromatic heterocycles. The highest BCUT2D eigenvalue weighted by Crippen LogP contribution is 2.43. The van der Waals surface area contributed by atoms with Crippen LogP contribution in [0.3, 0.4) is 0 Å². The van der Waals surface area contributed by atoms with Crippen LogP contribution in [-0.2, 0) is 16.0 Å². The van der Waals surface area contributed by atoms with Gasteiger partial charge in [-0.25, -0.2) is 0 Å². The Hall–Kier alpha value is -3.23. The fourth-order valence-corrected chi connectivity index (χ4v) is 5.35. The van der Waals surface area contributed by atoms with E-state index in [9.17, 15) is 29.7 Å². The second-order valence-electron chi connectivity index (χ2n) is 9.39. The number of carbonyl (C=O) groups is 3. The molecule has 35 heavy (non-hydrogen) atoms. The number of hydrogen-bond donors (Lipinski definition) is 3. The molecule has 0 fully saturated rings. The molecule has 0 saturated carbocycles. The van der Waals surface area contributed by atoms with E-state index in [1.807, 2.05) is 18.2 Å². The number of rotatable bonds is 10. The summed E-state index contributed by atoms with van der Waals surface area (Å²) in [6.45, 7) is 0.883. The van der Waals surface area contributed by atoms with E-state index in [1.165, 1.54) is 13.0 Å². The molecule has 3 N–H and O–H groups in total. The molecule has 0 saturated heterocycles. The summed E-state index contributed by atoms with van der Waals surface area (Å²) in [5.74, 6) is -0.919. The molecule has 3 unspecified atom stereocenters. The largest absolute Gasteiger partial charge is 0.507 e. The summed E-state index contributed by atoms with van der Waals surface area (Å²) in [4.78, 5) is 37.2. The van der Waals surface area contributed by atoms with Gasteiger partial charge < -0.3 is 24.8 Å². The van der Waals surface area contributed by atoms with Crippen molar-refractivity contribution >= 4 is 17.3 Å². The first-order valence-electron chi connectivity index (χ1n) is 11.8. The molecule has 8 heteroatoms. The van der Waals surface area contributed by atoms with Crippen molar-refractivity contribution in [3.8, 4) is 28.4 Å². The highest BCUT2D eigenvalue weighted by molar-refractivity contribution is 6.03. The summed E-state index contributed by atoms with van der Waals surface area (Å²) >= 11 is 0. The molecule has 0 bridgehead atoms. The summed E-state index contributed by atoms with van der Waals surface area (Å²) < 4.78 is 10.9. The highest BCUT2D eigenvalue weighted by Gasteiger charge is 2.35. The van der Waals surface area contributed by atoms with Gasteiger partial charge in [0.15, 0.2) is 17.3 Å². The van der Waals surface area contributed by atoms with Crippen molar-refractivity contribution in [3.63, 3.8) is 0 Å². The van der Waals surface area contributed by atoms with Crippen molar-refractivity contribution in [2.24, 2.45) is 17.8 Å². The summed E-state index contributed by atoms with van der Waals surface area (Å²) in [7, 11) is 0. The Morgan fingerprint density at radius 3 is 2.57 bits per heavy atom. The molecular weight excluding hydrogens is 452 g/mol. The minimum Gasteiger partial charge on any atom is -0.507 e. The highest BCUT2D eigenvalue weighted by atomic mass is 16.7.